The van der Waals surface area contributed by atoms with E-state index in [9.17, 15) is 4.39 Å². The van der Waals surface area contributed by atoms with E-state index in [0.717, 1.165) is 0 Å². The van der Waals surface area contributed by atoms with E-state index in [4.69, 9.17) is 4.74 Å². The van der Waals surface area contributed by atoms with E-state index in [1.165, 1.54) is 18.7 Å². The van der Waals surface area contributed by atoms with E-state index in [1.807, 2.05) is 0 Å². The van der Waals surface area contributed by atoms with Crippen LogP contribution in [0.25, 0.3) is 0 Å². The van der Waals surface area contributed by atoms with Gasteiger partial charge in [-0.15, -0.1) is 0 Å². The predicted molar refractivity (Wildman–Crippen MR) is 54.7 cm³/mol. The molecule has 0 aliphatic carbocycles. The summed E-state index contributed by atoms with van der Waals surface area (Å²) in [5.74, 6) is 0.399. The lowest BCUT2D eigenvalue weighted by molar-refractivity contribution is 0.427. The number of pyridine rings is 1. The highest BCUT2D eigenvalue weighted by molar-refractivity contribution is 5.25. The van der Waals surface area contributed by atoms with Crippen LogP contribution >= 0.6 is 0 Å². The predicted octanol–water partition coefficient (Wildman–Crippen LogP) is 2.81. The molecule has 0 bridgehead atoms. The van der Waals surface area contributed by atoms with Gasteiger partial charge in [0.25, 0.3) is 0 Å². The van der Waals surface area contributed by atoms with Gasteiger partial charge in [-0.25, -0.2) is 4.39 Å². The maximum atomic E-state index is 12.8. The smallest absolute Gasteiger partial charge is 0.165 e. The van der Waals surface area contributed by atoms with Crippen molar-refractivity contribution in [1.29, 1.82) is 0 Å². The Morgan fingerprint density at radius 2 is 1.93 bits per heavy atom. The van der Waals surface area contributed by atoms with Crippen molar-refractivity contribution in [2.75, 3.05) is 0 Å². The number of benzene rings is 1. The molecule has 0 amide bonds. The maximum absolute atomic E-state index is 12.8. The van der Waals surface area contributed by atoms with E-state index < -0.39 is 0 Å². The molecular formula is C12H9FNO. The van der Waals surface area contributed by atoms with Crippen molar-refractivity contribution in [3.8, 4) is 5.75 Å². The van der Waals surface area contributed by atoms with E-state index in [1.54, 1.807) is 36.7 Å². The van der Waals surface area contributed by atoms with Crippen LogP contribution < -0.4 is 4.74 Å². The third-order valence-electron chi connectivity index (χ3n) is 1.83. The summed E-state index contributed by atoms with van der Waals surface area (Å²) in [6.45, 7) is 1.50. The fourth-order valence-corrected chi connectivity index (χ4v) is 1.13. The van der Waals surface area contributed by atoms with Crippen molar-refractivity contribution in [3.63, 3.8) is 0 Å². The number of aromatic nitrogens is 1. The standard InChI is InChI=1S/C12H9FNO/c13-11-3-1-2-10(8-11)9-15-12-4-6-14-7-5-12/h1-9H. The quantitative estimate of drug-likeness (QED) is 0.763. The van der Waals surface area contributed by atoms with Gasteiger partial charge < -0.3 is 4.74 Å². The minimum Gasteiger partial charge on any atom is -0.481 e. The van der Waals surface area contributed by atoms with Crippen LogP contribution in [0.2, 0.25) is 0 Å². The first-order chi connectivity index (χ1) is 7.34. The van der Waals surface area contributed by atoms with Crippen LogP contribution in [0.3, 0.4) is 0 Å². The third-order valence-corrected chi connectivity index (χ3v) is 1.83. The lowest BCUT2D eigenvalue weighted by Crippen LogP contribution is -1.92. The molecule has 2 aromatic rings. The zero-order valence-electron chi connectivity index (χ0n) is 7.93. The monoisotopic (exact) mass is 202 g/mol. The van der Waals surface area contributed by atoms with Gasteiger partial charge in [-0.2, -0.15) is 0 Å². The molecule has 3 heteroatoms. The molecule has 2 rings (SSSR count). The molecule has 75 valence electrons. The normalized spacial score (nSPS) is 9.93. The summed E-state index contributed by atoms with van der Waals surface area (Å²) >= 11 is 0. The van der Waals surface area contributed by atoms with Gasteiger partial charge in [0.1, 0.15) is 11.6 Å². The van der Waals surface area contributed by atoms with E-state index >= 15 is 0 Å². The van der Waals surface area contributed by atoms with Crippen LogP contribution in [0.5, 0.6) is 5.75 Å². The molecule has 1 heterocycles. The second-order valence-corrected chi connectivity index (χ2v) is 2.97. The molecule has 0 saturated heterocycles. The summed E-state index contributed by atoms with van der Waals surface area (Å²) in [5.41, 5.74) is 0.687. The Morgan fingerprint density at radius 1 is 1.13 bits per heavy atom. The van der Waals surface area contributed by atoms with Crippen LogP contribution in [-0.4, -0.2) is 4.98 Å². The summed E-state index contributed by atoms with van der Waals surface area (Å²) < 4.78 is 18.1. The second-order valence-electron chi connectivity index (χ2n) is 2.97. The number of nitrogens with zero attached hydrogens (tertiary/aromatic N) is 1. The molecule has 0 aliphatic heterocycles. The maximum Gasteiger partial charge on any atom is 0.165 e. The number of halogens is 1. The lowest BCUT2D eigenvalue weighted by Gasteiger charge is -2.04. The Balaban J connectivity index is 1.99. The minimum atomic E-state index is -0.276. The third kappa shape index (κ3) is 2.77. The molecule has 0 atom stereocenters. The molecule has 1 aromatic heterocycles. The van der Waals surface area contributed by atoms with Gasteiger partial charge >= 0.3 is 0 Å². The number of hydrogen-bond acceptors (Lipinski definition) is 2. The molecule has 2 nitrogen and oxygen atoms in total. The van der Waals surface area contributed by atoms with Crippen LogP contribution in [0.15, 0.2) is 48.8 Å². The highest BCUT2D eigenvalue weighted by atomic mass is 19.1. The number of rotatable bonds is 3. The van der Waals surface area contributed by atoms with Gasteiger partial charge in [-0.3, -0.25) is 4.98 Å². The molecule has 0 saturated carbocycles. The summed E-state index contributed by atoms with van der Waals surface area (Å²) in [5, 5.41) is 0. The highest BCUT2D eigenvalue weighted by Gasteiger charge is 1.97. The number of hydrogen-bond donors (Lipinski definition) is 0. The molecule has 1 radical (unpaired) electrons. The summed E-state index contributed by atoms with van der Waals surface area (Å²) in [6, 6.07) is 9.66. The Morgan fingerprint density at radius 3 is 2.67 bits per heavy atom. The Hall–Kier alpha value is -1.90. The molecule has 0 fully saturated rings. The molecule has 0 N–H and O–H groups in total. The first-order valence-electron chi connectivity index (χ1n) is 4.50. The average molecular weight is 202 g/mol. The molecule has 15 heavy (non-hydrogen) atoms. The van der Waals surface area contributed by atoms with Gasteiger partial charge in [-0.05, 0) is 29.8 Å². The Labute approximate surface area is 87.4 Å². The van der Waals surface area contributed by atoms with Crippen molar-refractivity contribution in [2.45, 2.75) is 0 Å². The van der Waals surface area contributed by atoms with Crippen molar-refractivity contribution in [1.82, 2.24) is 4.98 Å². The highest BCUT2D eigenvalue weighted by Crippen LogP contribution is 2.12. The van der Waals surface area contributed by atoms with Crippen LogP contribution in [0, 0.1) is 12.4 Å². The van der Waals surface area contributed by atoms with Gasteiger partial charge in [0.2, 0.25) is 0 Å². The summed E-state index contributed by atoms with van der Waals surface area (Å²) in [4.78, 5) is 3.86. The fraction of sp³-hybridized carbons (Fsp3) is 0. The summed E-state index contributed by atoms with van der Waals surface area (Å²) in [7, 11) is 0. The van der Waals surface area contributed by atoms with Crippen molar-refractivity contribution in [3.05, 3.63) is 66.8 Å². The topological polar surface area (TPSA) is 22.1 Å². The molecule has 0 aliphatic rings. The Bertz CT molecular complexity index is 431. The first kappa shape index (κ1) is 9.65. The molecule has 0 unspecified atom stereocenters. The molecular weight excluding hydrogens is 193 g/mol. The van der Waals surface area contributed by atoms with Crippen LogP contribution in [-0.2, 0) is 0 Å². The van der Waals surface area contributed by atoms with E-state index in [-0.39, 0.29) is 5.82 Å². The number of ether oxygens (including phenoxy) is 1. The minimum absolute atomic E-state index is 0.276. The molecule has 0 spiro atoms. The largest absolute Gasteiger partial charge is 0.481 e. The van der Waals surface area contributed by atoms with Gasteiger partial charge in [0.15, 0.2) is 6.61 Å². The second kappa shape index (κ2) is 4.55. The van der Waals surface area contributed by atoms with Crippen LogP contribution in [0.4, 0.5) is 4.39 Å². The lowest BCUT2D eigenvalue weighted by atomic mass is 10.2. The van der Waals surface area contributed by atoms with Crippen molar-refractivity contribution >= 4 is 0 Å². The van der Waals surface area contributed by atoms with Crippen molar-refractivity contribution in [2.24, 2.45) is 0 Å². The Kier molecular flexibility index (Phi) is 2.93. The van der Waals surface area contributed by atoms with Gasteiger partial charge in [0.05, 0.1) is 0 Å². The summed E-state index contributed by atoms with van der Waals surface area (Å²) in [6.07, 6.45) is 3.27. The van der Waals surface area contributed by atoms with Gasteiger partial charge in [0, 0.05) is 12.4 Å². The van der Waals surface area contributed by atoms with E-state index in [2.05, 4.69) is 4.98 Å². The zero-order chi connectivity index (χ0) is 10.5. The zero-order valence-corrected chi connectivity index (χ0v) is 7.93. The van der Waals surface area contributed by atoms with Gasteiger partial charge in [-0.1, -0.05) is 12.1 Å². The molecule has 1 aromatic carbocycles. The SMILES string of the molecule is Fc1cccc([CH]Oc2ccncc2)c1. The van der Waals surface area contributed by atoms with Crippen molar-refractivity contribution < 1.29 is 9.13 Å². The first-order valence-corrected chi connectivity index (χ1v) is 4.50. The average Bonchev–Trinajstić information content (AvgIpc) is 2.28. The van der Waals surface area contributed by atoms with E-state index in [0.29, 0.717) is 11.3 Å². The fourth-order valence-electron chi connectivity index (χ4n) is 1.13. The van der Waals surface area contributed by atoms with Crippen LogP contribution in [0.1, 0.15) is 5.56 Å².